The molecular formula is C12H13N3O3S. The maximum absolute atomic E-state index is 12.4. The van der Waals surface area contributed by atoms with Crippen LogP contribution in [0.1, 0.15) is 23.2 Å². The fraction of sp³-hybridized carbons (Fsp3) is 0.417. The number of nitrogens with zero attached hydrogens (tertiary/aromatic N) is 3. The summed E-state index contributed by atoms with van der Waals surface area (Å²) in [6, 6.07) is -0.185. The second-order valence-corrected chi connectivity index (χ2v) is 5.38. The Bertz CT molecular complexity index is 678. The summed E-state index contributed by atoms with van der Waals surface area (Å²) < 4.78 is 1.38. The third kappa shape index (κ3) is 1.95. The van der Waals surface area contributed by atoms with Crippen molar-refractivity contribution >= 4 is 22.2 Å². The molecule has 1 unspecified atom stereocenters. The topological polar surface area (TPSA) is 74.9 Å². The molecule has 19 heavy (non-hydrogen) atoms. The second-order valence-electron chi connectivity index (χ2n) is 4.51. The maximum Gasteiger partial charge on any atom is 0.271 e. The third-order valence-electron chi connectivity index (χ3n) is 3.42. The van der Waals surface area contributed by atoms with Crippen LogP contribution in [-0.4, -0.2) is 44.5 Å². The van der Waals surface area contributed by atoms with Crippen LogP contribution in [0.4, 0.5) is 0 Å². The summed E-state index contributed by atoms with van der Waals surface area (Å²) in [4.78, 5) is 30.8. The molecule has 0 aliphatic carbocycles. The normalized spacial score (nSPS) is 19.2. The maximum atomic E-state index is 12.4. The van der Waals surface area contributed by atoms with Crippen LogP contribution in [0.25, 0.3) is 4.96 Å². The lowest BCUT2D eigenvalue weighted by Crippen LogP contribution is -2.40. The van der Waals surface area contributed by atoms with Crippen LogP contribution in [-0.2, 0) is 0 Å². The summed E-state index contributed by atoms with van der Waals surface area (Å²) in [7, 11) is 0. The zero-order chi connectivity index (χ0) is 13.4. The fourth-order valence-electron chi connectivity index (χ4n) is 2.42. The molecular weight excluding hydrogens is 266 g/mol. The highest BCUT2D eigenvalue weighted by atomic mass is 32.1. The molecule has 1 aliphatic rings. The number of thiazole rings is 1. The molecule has 7 heteroatoms. The Morgan fingerprint density at radius 2 is 2.42 bits per heavy atom. The molecule has 2 aromatic rings. The zero-order valence-electron chi connectivity index (χ0n) is 10.2. The number of rotatable bonds is 2. The highest BCUT2D eigenvalue weighted by molar-refractivity contribution is 7.15. The fourth-order valence-corrected chi connectivity index (χ4v) is 3.09. The van der Waals surface area contributed by atoms with Crippen LogP contribution in [0.3, 0.4) is 0 Å². The first-order valence-electron chi connectivity index (χ1n) is 6.09. The van der Waals surface area contributed by atoms with Gasteiger partial charge in [0.1, 0.15) is 5.56 Å². The lowest BCUT2D eigenvalue weighted by Gasteiger charge is -2.22. The summed E-state index contributed by atoms with van der Waals surface area (Å²) in [5.74, 6) is -0.338. The van der Waals surface area contributed by atoms with Gasteiger partial charge in [-0.25, -0.2) is 4.98 Å². The predicted octanol–water partition coefficient (Wildman–Crippen LogP) is 0.353. The SMILES string of the molecule is O=C(c1cnc2sccn2c1=O)N1CCCC1CO. The van der Waals surface area contributed by atoms with E-state index in [4.69, 9.17) is 0 Å². The van der Waals surface area contributed by atoms with E-state index in [1.54, 1.807) is 16.5 Å². The van der Waals surface area contributed by atoms with Gasteiger partial charge in [0, 0.05) is 24.3 Å². The number of carbonyl (C=O) groups excluding carboxylic acids is 1. The van der Waals surface area contributed by atoms with Crippen LogP contribution in [0.2, 0.25) is 0 Å². The highest BCUT2D eigenvalue weighted by Gasteiger charge is 2.30. The number of hydrogen-bond donors (Lipinski definition) is 1. The summed E-state index contributed by atoms with van der Waals surface area (Å²) in [6.07, 6.45) is 4.58. The van der Waals surface area contributed by atoms with E-state index in [0.29, 0.717) is 11.5 Å². The smallest absolute Gasteiger partial charge is 0.271 e. The van der Waals surface area contributed by atoms with Gasteiger partial charge in [0.05, 0.1) is 12.6 Å². The lowest BCUT2D eigenvalue weighted by atomic mass is 10.2. The van der Waals surface area contributed by atoms with E-state index >= 15 is 0 Å². The predicted molar refractivity (Wildman–Crippen MR) is 70.5 cm³/mol. The number of aliphatic hydroxyl groups is 1. The number of amides is 1. The Kier molecular flexibility index (Phi) is 3.08. The van der Waals surface area contributed by atoms with E-state index < -0.39 is 0 Å². The molecule has 3 heterocycles. The molecule has 3 rings (SSSR count). The van der Waals surface area contributed by atoms with Crippen LogP contribution < -0.4 is 5.56 Å². The van der Waals surface area contributed by atoms with Gasteiger partial charge in [-0.05, 0) is 12.8 Å². The molecule has 1 N–H and O–H groups in total. The average Bonchev–Trinajstić information content (AvgIpc) is 3.07. The van der Waals surface area contributed by atoms with Crippen molar-refractivity contribution in [2.45, 2.75) is 18.9 Å². The van der Waals surface area contributed by atoms with Crippen molar-refractivity contribution < 1.29 is 9.90 Å². The van der Waals surface area contributed by atoms with E-state index in [1.165, 1.54) is 21.9 Å². The second kappa shape index (κ2) is 4.75. The summed E-state index contributed by atoms with van der Waals surface area (Å²) in [5.41, 5.74) is -0.281. The number of aliphatic hydroxyl groups excluding tert-OH is 1. The largest absolute Gasteiger partial charge is 0.394 e. The highest BCUT2D eigenvalue weighted by Crippen LogP contribution is 2.18. The molecule has 2 aromatic heterocycles. The van der Waals surface area contributed by atoms with Gasteiger partial charge < -0.3 is 10.0 Å². The van der Waals surface area contributed by atoms with Crippen LogP contribution >= 0.6 is 11.3 Å². The number of aromatic nitrogens is 2. The van der Waals surface area contributed by atoms with Crippen molar-refractivity contribution in [1.82, 2.24) is 14.3 Å². The van der Waals surface area contributed by atoms with Gasteiger partial charge in [-0.3, -0.25) is 14.0 Å². The minimum Gasteiger partial charge on any atom is -0.394 e. The molecule has 0 bridgehead atoms. The standard InChI is InChI=1S/C12H13N3O3S/c16-7-8-2-1-3-14(8)10(17)9-6-13-12-15(11(9)18)4-5-19-12/h4-6,8,16H,1-3,7H2. The van der Waals surface area contributed by atoms with Gasteiger partial charge in [0.25, 0.3) is 11.5 Å². The van der Waals surface area contributed by atoms with Crippen LogP contribution in [0.5, 0.6) is 0 Å². The molecule has 0 saturated carbocycles. The molecule has 1 aliphatic heterocycles. The quantitative estimate of drug-likeness (QED) is 0.861. The van der Waals surface area contributed by atoms with Crippen molar-refractivity contribution in [1.29, 1.82) is 0 Å². The molecule has 100 valence electrons. The zero-order valence-corrected chi connectivity index (χ0v) is 11.0. The van der Waals surface area contributed by atoms with Gasteiger partial charge in [-0.1, -0.05) is 0 Å². The molecule has 1 fully saturated rings. The Hall–Kier alpha value is -1.73. The molecule has 1 atom stereocenters. The Morgan fingerprint density at radius 3 is 3.21 bits per heavy atom. The number of likely N-dealkylation sites (tertiary alicyclic amines) is 1. The van der Waals surface area contributed by atoms with Gasteiger partial charge >= 0.3 is 0 Å². The average molecular weight is 279 g/mol. The van der Waals surface area contributed by atoms with Gasteiger partial charge in [-0.15, -0.1) is 11.3 Å². The first kappa shape index (κ1) is 12.3. The number of carbonyl (C=O) groups is 1. The monoisotopic (exact) mass is 279 g/mol. The minimum atomic E-state index is -0.347. The molecule has 1 amide bonds. The van der Waals surface area contributed by atoms with E-state index in [1.807, 2.05) is 0 Å². The Labute approximate surface area is 112 Å². The van der Waals surface area contributed by atoms with E-state index in [2.05, 4.69) is 4.98 Å². The van der Waals surface area contributed by atoms with Crippen molar-refractivity contribution in [2.75, 3.05) is 13.2 Å². The molecule has 0 spiro atoms. The summed E-state index contributed by atoms with van der Waals surface area (Å²) in [5, 5.41) is 11.0. The van der Waals surface area contributed by atoms with Crippen LogP contribution in [0, 0.1) is 0 Å². The lowest BCUT2D eigenvalue weighted by molar-refractivity contribution is 0.0675. The summed E-state index contributed by atoms with van der Waals surface area (Å²) in [6.45, 7) is 0.511. The first-order valence-corrected chi connectivity index (χ1v) is 6.97. The van der Waals surface area contributed by atoms with Gasteiger partial charge in [0.15, 0.2) is 4.96 Å². The van der Waals surface area contributed by atoms with Gasteiger partial charge in [0.2, 0.25) is 0 Å². The summed E-state index contributed by atoms with van der Waals surface area (Å²) >= 11 is 1.35. The molecule has 1 saturated heterocycles. The Balaban J connectivity index is 2.02. The van der Waals surface area contributed by atoms with Crippen molar-refractivity contribution in [3.8, 4) is 0 Å². The molecule has 0 radical (unpaired) electrons. The third-order valence-corrected chi connectivity index (χ3v) is 4.19. The van der Waals surface area contributed by atoms with E-state index in [-0.39, 0.29) is 29.7 Å². The van der Waals surface area contributed by atoms with E-state index in [0.717, 1.165) is 12.8 Å². The van der Waals surface area contributed by atoms with Crippen molar-refractivity contribution in [3.05, 3.63) is 33.7 Å². The number of fused-ring (bicyclic) bond motifs is 1. The molecule has 0 aromatic carbocycles. The van der Waals surface area contributed by atoms with Crippen LogP contribution in [0.15, 0.2) is 22.6 Å². The minimum absolute atomic E-state index is 0.0660. The Morgan fingerprint density at radius 1 is 1.58 bits per heavy atom. The van der Waals surface area contributed by atoms with Crippen molar-refractivity contribution in [2.24, 2.45) is 0 Å². The first-order chi connectivity index (χ1) is 9.22. The van der Waals surface area contributed by atoms with E-state index in [9.17, 15) is 14.7 Å². The number of hydrogen-bond acceptors (Lipinski definition) is 5. The van der Waals surface area contributed by atoms with Crippen molar-refractivity contribution in [3.63, 3.8) is 0 Å². The van der Waals surface area contributed by atoms with Gasteiger partial charge in [-0.2, -0.15) is 0 Å². The molecule has 6 nitrogen and oxygen atoms in total.